The van der Waals surface area contributed by atoms with Crippen molar-refractivity contribution >= 4 is 30.1 Å². The molecule has 0 atom stereocenters. The molecule has 0 N–H and O–H groups in total. The van der Waals surface area contributed by atoms with Crippen molar-refractivity contribution in [2.75, 3.05) is 19.0 Å². The first-order chi connectivity index (χ1) is 4.43. The van der Waals surface area contributed by atoms with E-state index in [4.69, 9.17) is 0 Å². The summed E-state index contributed by atoms with van der Waals surface area (Å²) in [6, 6.07) is 0. The smallest absolute Gasteiger partial charge is 0.0545 e. The first kappa shape index (κ1) is 8.14. The zero-order valence-corrected chi connectivity index (χ0v) is 8.45. The molecule has 0 aromatic heterocycles. The lowest BCUT2D eigenvalue weighted by Crippen LogP contribution is -2.28. The highest BCUT2D eigenvalue weighted by Crippen LogP contribution is 2.16. The van der Waals surface area contributed by atoms with Crippen molar-refractivity contribution in [3.63, 3.8) is 0 Å². The van der Waals surface area contributed by atoms with Crippen LogP contribution in [0.5, 0.6) is 0 Å². The van der Waals surface area contributed by atoms with E-state index in [1.54, 1.807) is 0 Å². The van der Waals surface area contributed by atoms with Crippen LogP contribution in [0.4, 0.5) is 0 Å². The van der Waals surface area contributed by atoms with Crippen LogP contribution in [0.1, 0.15) is 19.3 Å². The van der Waals surface area contributed by atoms with Crippen LogP contribution in [-0.4, -0.2) is 23.9 Å². The van der Waals surface area contributed by atoms with E-state index >= 15 is 0 Å². The summed E-state index contributed by atoms with van der Waals surface area (Å²) >= 11 is 2.36. The molecule has 0 aliphatic carbocycles. The number of halogens is 1. The SMILES string of the molecule is ISCN1CCCCC1. The highest BCUT2D eigenvalue weighted by atomic mass is 127. The zero-order valence-electron chi connectivity index (χ0n) is 5.48. The lowest BCUT2D eigenvalue weighted by Gasteiger charge is -2.24. The maximum absolute atomic E-state index is 2.53. The van der Waals surface area contributed by atoms with Gasteiger partial charge in [-0.3, -0.25) is 4.90 Å². The molecular weight excluding hydrogens is 245 g/mol. The summed E-state index contributed by atoms with van der Waals surface area (Å²) in [5, 5.41) is 0. The largest absolute Gasteiger partial charge is 0.293 e. The van der Waals surface area contributed by atoms with Crippen LogP contribution < -0.4 is 0 Å². The molecule has 1 fully saturated rings. The van der Waals surface area contributed by atoms with E-state index in [0.29, 0.717) is 0 Å². The molecule has 0 amide bonds. The predicted molar refractivity (Wildman–Crippen MR) is 51.9 cm³/mol. The third-order valence-corrected chi connectivity index (χ3v) is 2.98. The Bertz CT molecular complexity index is 70.7. The Morgan fingerprint density at radius 2 is 1.89 bits per heavy atom. The van der Waals surface area contributed by atoms with Gasteiger partial charge >= 0.3 is 0 Å². The van der Waals surface area contributed by atoms with Gasteiger partial charge in [0.25, 0.3) is 0 Å². The lowest BCUT2D eigenvalue weighted by atomic mass is 10.1. The normalized spacial score (nSPS) is 22.3. The molecule has 1 heterocycles. The van der Waals surface area contributed by atoms with Crippen molar-refractivity contribution < 1.29 is 0 Å². The molecule has 3 heteroatoms. The van der Waals surface area contributed by atoms with Gasteiger partial charge in [-0.05, 0) is 47.1 Å². The summed E-state index contributed by atoms with van der Waals surface area (Å²) in [5.74, 6) is 1.22. The molecule has 54 valence electrons. The molecule has 0 unspecified atom stereocenters. The van der Waals surface area contributed by atoms with Gasteiger partial charge in [0.05, 0.1) is 5.88 Å². The first-order valence-electron chi connectivity index (χ1n) is 3.39. The molecule has 1 rings (SSSR count). The fourth-order valence-electron chi connectivity index (χ4n) is 1.16. The fraction of sp³-hybridized carbons (Fsp3) is 1.00. The Kier molecular flexibility index (Phi) is 4.34. The van der Waals surface area contributed by atoms with Crippen molar-refractivity contribution in [2.45, 2.75) is 19.3 Å². The van der Waals surface area contributed by atoms with E-state index in [1.807, 2.05) is 8.93 Å². The molecule has 0 radical (unpaired) electrons. The minimum absolute atomic E-state index is 1.22. The van der Waals surface area contributed by atoms with E-state index in [0.717, 1.165) is 0 Å². The highest BCUT2D eigenvalue weighted by molar-refractivity contribution is 14.2. The lowest BCUT2D eigenvalue weighted by molar-refractivity contribution is 0.267. The second-order valence-electron chi connectivity index (χ2n) is 2.42. The molecule has 9 heavy (non-hydrogen) atoms. The molecule has 1 aliphatic rings. The summed E-state index contributed by atoms with van der Waals surface area (Å²) in [7, 11) is 1.90. The average Bonchev–Trinajstić information content (AvgIpc) is 1.91. The van der Waals surface area contributed by atoms with Crippen LogP contribution in [0.2, 0.25) is 0 Å². The van der Waals surface area contributed by atoms with E-state index in [2.05, 4.69) is 26.1 Å². The van der Waals surface area contributed by atoms with Crippen LogP contribution in [0.25, 0.3) is 0 Å². The highest BCUT2D eigenvalue weighted by Gasteiger charge is 2.07. The van der Waals surface area contributed by atoms with Crippen molar-refractivity contribution in [1.29, 1.82) is 0 Å². The number of likely N-dealkylation sites (tertiary alicyclic amines) is 1. The standard InChI is InChI=1S/C6H12INS/c7-9-6-8-4-2-1-3-5-8/h1-6H2. The van der Waals surface area contributed by atoms with E-state index < -0.39 is 0 Å². The molecule has 1 nitrogen and oxygen atoms in total. The van der Waals surface area contributed by atoms with E-state index in [-0.39, 0.29) is 0 Å². The number of nitrogens with zero attached hydrogens (tertiary/aromatic N) is 1. The van der Waals surface area contributed by atoms with Gasteiger partial charge in [-0.25, -0.2) is 0 Å². The van der Waals surface area contributed by atoms with Gasteiger partial charge in [0.15, 0.2) is 0 Å². The number of rotatable bonds is 2. The molecular formula is C6H12INS. The van der Waals surface area contributed by atoms with Gasteiger partial charge in [0.1, 0.15) is 0 Å². The topological polar surface area (TPSA) is 3.24 Å². The Labute approximate surface area is 73.2 Å². The Balaban J connectivity index is 2.08. The van der Waals surface area contributed by atoms with Crippen LogP contribution >= 0.6 is 30.1 Å². The van der Waals surface area contributed by atoms with Gasteiger partial charge < -0.3 is 0 Å². The third kappa shape index (κ3) is 3.09. The minimum Gasteiger partial charge on any atom is -0.293 e. The molecule has 1 aliphatic heterocycles. The van der Waals surface area contributed by atoms with Crippen molar-refractivity contribution in [1.82, 2.24) is 4.90 Å². The Morgan fingerprint density at radius 1 is 1.22 bits per heavy atom. The first-order valence-corrected chi connectivity index (χ1v) is 6.92. The third-order valence-electron chi connectivity index (χ3n) is 1.68. The van der Waals surface area contributed by atoms with Gasteiger partial charge in [-0.2, -0.15) is 0 Å². The molecule has 0 bridgehead atoms. The zero-order chi connectivity index (χ0) is 6.53. The summed E-state index contributed by atoms with van der Waals surface area (Å²) < 4.78 is 0. The van der Waals surface area contributed by atoms with E-state index in [9.17, 15) is 0 Å². The molecule has 0 aromatic carbocycles. The summed E-state index contributed by atoms with van der Waals surface area (Å²) in [4.78, 5) is 2.53. The fourth-order valence-corrected chi connectivity index (χ4v) is 2.74. The molecule has 0 spiro atoms. The Hall–Kier alpha value is 1.04. The number of hydrogen-bond acceptors (Lipinski definition) is 2. The second-order valence-corrected chi connectivity index (χ2v) is 4.76. The quantitative estimate of drug-likeness (QED) is 0.699. The van der Waals surface area contributed by atoms with E-state index in [1.165, 1.54) is 38.2 Å². The summed E-state index contributed by atoms with van der Waals surface area (Å²) in [5.41, 5.74) is 0. The Morgan fingerprint density at radius 3 is 2.44 bits per heavy atom. The van der Waals surface area contributed by atoms with Gasteiger partial charge in [0, 0.05) is 0 Å². The predicted octanol–water partition coefficient (Wildman–Crippen LogP) is 2.51. The maximum Gasteiger partial charge on any atom is 0.0545 e. The maximum atomic E-state index is 2.53. The molecule has 1 saturated heterocycles. The number of hydrogen-bond donors (Lipinski definition) is 0. The van der Waals surface area contributed by atoms with Crippen LogP contribution in [0, 0.1) is 0 Å². The summed E-state index contributed by atoms with van der Waals surface area (Å²) in [6.45, 7) is 2.66. The molecule has 0 aromatic rings. The number of piperidine rings is 1. The van der Waals surface area contributed by atoms with Gasteiger partial charge in [-0.1, -0.05) is 15.4 Å². The average molecular weight is 257 g/mol. The summed E-state index contributed by atoms with van der Waals surface area (Å²) in [6.07, 6.45) is 4.27. The molecule has 0 saturated carbocycles. The van der Waals surface area contributed by atoms with Crippen LogP contribution in [0.3, 0.4) is 0 Å². The van der Waals surface area contributed by atoms with Crippen LogP contribution in [0.15, 0.2) is 0 Å². The second kappa shape index (κ2) is 4.79. The van der Waals surface area contributed by atoms with Crippen molar-refractivity contribution in [3.05, 3.63) is 0 Å². The minimum atomic E-state index is 1.22. The van der Waals surface area contributed by atoms with Crippen molar-refractivity contribution in [2.24, 2.45) is 0 Å². The van der Waals surface area contributed by atoms with Crippen LogP contribution in [-0.2, 0) is 0 Å². The van der Waals surface area contributed by atoms with Crippen molar-refractivity contribution in [3.8, 4) is 0 Å². The van der Waals surface area contributed by atoms with Gasteiger partial charge in [-0.15, -0.1) is 0 Å². The van der Waals surface area contributed by atoms with Gasteiger partial charge in [0.2, 0.25) is 0 Å². The monoisotopic (exact) mass is 257 g/mol.